The number of piperidine rings is 1. The van der Waals surface area contributed by atoms with E-state index >= 15 is 0 Å². The predicted octanol–water partition coefficient (Wildman–Crippen LogP) is 3.17. The summed E-state index contributed by atoms with van der Waals surface area (Å²) in [7, 11) is 1.97. The van der Waals surface area contributed by atoms with Gasteiger partial charge in [-0.15, -0.1) is 0 Å². The lowest BCUT2D eigenvalue weighted by Gasteiger charge is -2.32. The lowest BCUT2D eigenvalue weighted by atomic mass is 9.96. The van der Waals surface area contributed by atoms with Crippen molar-refractivity contribution in [3.8, 4) is 0 Å². The van der Waals surface area contributed by atoms with E-state index in [1.165, 1.54) is 0 Å². The van der Waals surface area contributed by atoms with Gasteiger partial charge >= 0.3 is 0 Å². The molecule has 0 aliphatic carbocycles. The van der Waals surface area contributed by atoms with Crippen LogP contribution in [0.2, 0.25) is 5.02 Å². The van der Waals surface area contributed by atoms with Gasteiger partial charge in [0.1, 0.15) is 0 Å². The number of nitrogens with one attached hydrogen (secondary N) is 1. The molecule has 0 unspecified atom stereocenters. The molecule has 1 aliphatic heterocycles. The molecule has 0 bridgehead atoms. The van der Waals surface area contributed by atoms with Crippen molar-refractivity contribution in [2.45, 2.75) is 12.8 Å². The Hall–Kier alpha value is -0.580. The SMILES string of the molecule is CNCC1CCN(C(=O)c2cc(Cl)ccc2Br)CC1. The second-order valence-electron chi connectivity index (χ2n) is 4.92. The quantitative estimate of drug-likeness (QED) is 0.912. The smallest absolute Gasteiger partial charge is 0.255 e. The minimum atomic E-state index is 0.0669. The third kappa shape index (κ3) is 3.71. The van der Waals surface area contributed by atoms with Gasteiger partial charge in [-0.1, -0.05) is 11.6 Å². The van der Waals surface area contributed by atoms with Crippen LogP contribution in [0.15, 0.2) is 22.7 Å². The zero-order chi connectivity index (χ0) is 13.8. The number of carbonyl (C=O) groups is 1. The van der Waals surface area contributed by atoms with Crippen LogP contribution in [0, 0.1) is 5.92 Å². The largest absolute Gasteiger partial charge is 0.339 e. The predicted molar refractivity (Wildman–Crippen MR) is 81.7 cm³/mol. The first kappa shape index (κ1) is 14.8. The molecule has 3 nitrogen and oxygen atoms in total. The summed E-state index contributed by atoms with van der Waals surface area (Å²) in [6.45, 7) is 2.68. The van der Waals surface area contributed by atoms with Crippen molar-refractivity contribution < 1.29 is 4.79 Å². The summed E-state index contributed by atoms with van der Waals surface area (Å²) in [5.41, 5.74) is 0.652. The van der Waals surface area contributed by atoms with Gasteiger partial charge in [0.2, 0.25) is 0 Å². The molecule has 2 rings (SSSR count). The summed E-state index contributed by atoms with van der Waals surface area (Å²) in [5.74, 6) is 0.745. The number of benzene rings is 1. The van der Waals surface area contributed by atoms with Crippen molar-refractivity contribution in [1.29, 1.82) is 0 Å². The van der Waals surface area contributed by atoms with Crippen molar-refractivity contribution in [1.82, 2.24) is 10.2 Å². The molecule has 0 radical (unpaired) electrons. The Balaban J connectivity index is 2.03. The van der Waals surface area contributed by atoms with Crippen LogP contribution >= 0.6 is 27.5 Å². The van der Waals surface area contributed by atoms with Gasteiger partial charge in [0, 0.05) is 22.6 Å². The van der Waals surface area contributed by atoms with E-state index < -0.39 is 0 Å². The van der Waals surface area contributed by atoms with E-state index in [0.717, 1.165) is 36.9 Å². The molecule has 1 aromatic carbocycles. The Kier molecular flexibility index (Phi) is 5.25. The van der Waals surface area contributed by atoms with Crippen molar-refractivity contribution in [3.63, 3.8) is 0 Å². The van der Waals surface area contributed by atoms with Gasteiger partial charge < -0.3 is 10.2 Å². The molecule has 0 saturated carbocycles. The molecule has 1 aromatic rings. The van der Waals surface area contributed by atoms with Gasteiger partial charge in [0.15, 0.2) is 0 Å². The number of hydrogen-bond acceptors (Lipinski definition) is 2. The first-order chi connectivity index (χ1) is 9.11. The maximum atomic E-state index is 12.5. The lowest BCUT2D eigenvalue weighted by Crippen LogP contribution is -2.40. The molecule has 104 valence electrons. The Bertz CT molecular complexity index is 459. The highest BCUT2D eigenvalue weighted by molar-refractivity contribution is 9.10. The Morgan fingerprint density at radius 2 is 2.16 bits per heavy atom. The van der Waals surface area contributed by atoms with E-state index in [2.05, 4.69) is 21.2 Å². The van der Waals surface area contributed by atoms with Crippen LogP contribution < -0.4 is 5.32 Å². The van der Waals surface area contributed by atoms with Crippen LogP contribution in [0.5, 0.6) is 0 Å². The molecular weight excluding hydrogens is 328 g/mol. The van der Waals surface area contributed by atoms with Gasteiger partial charge in [-0.25, -0.2) is 0 Å². The number of amides is 1. The fraction of sp³-hybridized carbons (Fsp3) is 0.500. The molecular formula is C14H18BrClN2O. The molecule has 1 aliphatic rings. The summed E-state index contributed by atoms with van der Waals surface area (Å²) in [5, 5.41) is 3.80. The summed E-state index contributed by atoms with van der Waals surface area (Å²) in [4.78, 5) is 14.4. The van der Waals surface area contributed by atoms with Crippen molar-refractivity contribution in [3.05, 3.63) is 33.3 Å². The van der Waals surface area contributed by atoms with Gasteiger partial charge in [-0.2, -0.15) is 0 Å². The molecule has 0 spiro atoms. The Morgan fingerprint density at radius 1 is 1.47 bits per heavy atom. The number of hydrogen-bond donors (Lipinski definition) is 1. The average molecular weight is 346 g/mol. The lowest BCUT2D eigenvalue weighted by molar-refractivity contribution is 0.0690. The van der Waals surface area contributed by atoms with Crippen LogP contribution in [-0.4, -0.2) is 37.5 Å². The number of halogens is 2. The second kappa shape index (κ2) is 6.73. The second-order valence-corrected chi connectivity index (χ2v) is 6.21. The Labute approximate surface area is 127 Å². The third-order valence-corrected chi connectivity index (χ3v) is 4.48. The first-order valence-corrected chi connectivity index (χ1v) is 7.68. The summed E-state index contributed by atoms with van der Waals surface area (Å²) < 4.78 is 0.805. The minimum absolute atomic E-state index is 0.0669. The van der Waals surface area contributed by atoms with E-state index in [9.17, 15) is 4.79 Å². The first-order valence-electron chi connectivity index (χ1n) is 6.50. The van der Waals surface area contributed by atoms with Gasteiger partial charge in [0.25, 0.3) is 5.91 Å². The van der Waals surface area contributed by atoms with Crippen LogP contribution in [0.4, 0.5) is 0 Å². The zero-order valence-electron chi connectivity index (χ0n) is 11.0. The fourth-order valence-electron chi connectivity index (χ4n) is 2.46. The molecule has 1 N–H and O–H groups in total. The minimum Gasteiger partial charge on any atom is -0.339 e. The van der Waals surface area contributed by atoms with Crippen LogP contribution in [-0.2, 0) is 0 Å². The van der Waals surface area contributed by atoms with Crippen LogP contribution in [0.1, 0.15) is 23.2 Å². The fourth-order valence-corrected chi connectivity index (χ4v) is 3.05. The summed E-state index contributed by atoms with van der Waals surface area (Å²) in [6.07, 6.45) is 2.12. The maximum Gasteiger partial charge on any atom is 0.255 e. The highest BCUT2D eigenvalue weighted by Gasteiger charge is 2.24. The van der Waals surface area contributed by atoms with Gasteiger partial charge in [-0.3, -0.25) is 4.79 Å². The molecule has 1 amide bonds. The number of nitrogens with zero attached hydrogens (tertiary/aromatic N) is 1. The number of likely N-dealkylation sites (tertiary alicyclic amines) is 1. The van der Waals surface area contributed by atoms with E-state index in [-0.39, 0.29) is 5.91 Å². The summed E-state index contributed by atoms with van der Waals surface area (Å²) >= 11 is 9.38. The average Bonchev–Trinajstić information content (AvgIpc) is 2.42. The van der Waals surface area contributed by atoms with Crippen LogP contribution in [0.25, 0.3) is 0 Å². The molecule has 5 heteroatoms. The maximum absolute atomic E-state index is 12.5. The van der Waals surface area contributed by atoms with E-state index in [1.54, 1.807) is 12.1 Å². The van der Waals surface area contributed by atoms with Gasteiger partial charge in [0.05, 0.1) is 5.56 Å². The topological polar surface area (TPSA) is 32.3 Å². The molecule has 0 atom stereocenters. The molecule has 1 fully saturated rings. The van der Waals surface area contributed by atoms with E-state index in [0.29, 0.717) is 16.5 Å². The van der Waals surface area contributed by atoms with E-state index in [4.69, 9.17) is 11.6 Å². The van der Waals surface area contributed by atoms with Crippen molar-refractivity contribution in [2.24, 2.45) is 5.92 Å². The molecule has 19 heavy (non-hydrogen) atoms. The molecule has 1 heterocycles. The number of carbonyl (C=O) groups excluding carboxylic acids is 1. The third-order valence-electron chi connectivity index (χ3n) is 3.55. The normalized spacial score (nSPS) is 16.7. The van der Waals surface area contributed by atoms with Crippen molar-refractivity contribution >= 4 is 33.4 Å². The number of rotatable bonds is 3. The standard InChI is InChI=1S/C14H18BrClN2O/c1-17-9-10-4-6-18(7-5-10)14(19)12-8-11(16)2-3-13(12)15/h2-3,8,10,17H,4-7,9H2,1H3. The monoisotopic (exact) mass is 344 g/mol. The zero-order valence-corrected chi connectivity index (χ0v) is 13.3. The molecule has 0 aromatic heterocycles. The van der Waals surface area contributed by atoms with Crippen LogP contribution in [0.3, 0.4) is 0 Å². The highest BCUT2D eigenvalue weighted by atomic mass is 79.9. The van der Waals surface area contributed by atoms with Crippen molar-refractivity contribution in [2.75, 3.05) is 26.7 Å². The Morgan fingerprint density at radius 3 is 2.79 bits per heavy atom. The summed E-state index contributed by atoms with van der Waals surface area (Å²) in [6, 6.07) is 5.33. The van der Waals surface area contributed by atoms with Gasteiger partial charge in [-0.05, 0) is 66.5 Å². The van der Waals surface area contributed by atoms with E-state index in [1.807, 2.05) is 18.0 Å². The molecule has 1 saturated heterocycles. The highest BCUT2D eigenvalue weighted by Crippen LogP contribution is 2.25.